The van der Waals surface area contributed by atoms with Gasteiger partial charge in [0.2, 0.25) is 5.91 Å². The molecule has 33 heavy (non-hydrogen) atoms. The molecule has 0 aliphatic heterocycles. The fourth-order valence-electron chi connectivity index (χ4n) is 3.18. The maximum atomic E-state index is 14.0. The Balaban J connectivity index is 1.52. The number of hydrogen-bond donors (Lipinski definition) is 4. The lowest BCUT2D eigenvalue weighted by molar-refractivity contribution is -0.115. The van der Waals surface area contributed by atoms with Gasteiger partial charge in [0.05, 0.1) is 17.6 Å². The third-order valence-electron chi connectivity index (χ3n) is 4.79. The van der Waals surface area contributed by atoms with Crippen LogP contribution < -0.4 is 16.1 Å². The molecule has 0 saturated heterocycles. The van der Waals surface area contributed by atoms with Crippen LogP contribution >= 0.6 is 0 Å². The second-order valence-electron chi connectivity index (χ2n) is 7.07. The van der Waals surface area contributed by atoms with Gasteiger partial charge in [0.25, 0.3) is 5.91 Å². The molecule has 0 radical (unpaired) electrons. The van der Waals surface area contributed by atoms with Crippen LogP contribution in [-0.2, 0) is 11.2 Å². The Morgan fingerprint density at radius 1 is 0.939 bits per heavy atom. The highest BCUT2D eigenvalue weighted by Gasteiger charge is 2.11. The molecule has 0 aliphatic rings. The molecular weight excluding hydrogens is 432 g/mol. The van der Waals surface area contributed by atoms with E-state index in [1.807, 2.05) is 0 Å². The molecule has 0 unspecified atom stereocenters. The summed E-state index contributed by atoms with van der Waals surface area (Å²) in [6.07, 6.45) is 1.36. The molecule has 2 amide bonds. The molecule has 0 bridgehead atoms. The van der Waals surface area contributed by atoms with Gasteiger partial charge in [-0.3, -0.25) is 14.8 Å². The van der Waals surface area contributed by atoms with Crippen LogP contribution in [0.3, 0.4) is 0 Å². The van der Waals surface area contributed by atoms with Gasteiger partial charge in [-0.2, -0.15) is 0 Å². The maximum Gasteiger partial charge on any atom is 0.274 e. The van der Waals surface area contributed by atoms with Gasteiger partial charge < -0.3 is 10.6 Å². The number of aromatic nitrogens is 2. The molecule has 166 valence electrons. The number of carbonyl (C=O) groups is 2. The van der Waals surface area contributed by atoms with Crippen LogP contribution in [0.15, 0.2) is 67.0 Å². The fourth-order valence-corrected chi connectivity index (χ4v) is 3.18. The summed E-state index contributed by atoms with van der Waals surface area (Å²) in [5, 5.41) is 14.8. The molecule has 4 rings (SSSR count). The Morgan fingerprint density at radius 3 is 2.45 bits per heavy atom. The van der Waals surface area contributed by atoms with E-state index in [4.69, 9.17) is 5.21 Å². The number of rotatable bonds is 6. The number of anilines is 3. The number of fused-ring (bicyclic) bond motifs is 1. The first-order valence-corrected chi connectivity index (χ1v) is 9.73. The van der Waals surface area contributed by atoms with Gasteiger partial charge in [0.1, 0.15) is 23.8 Å². The Bertz CT molecular complexity index is 1350. The quantitative estimate of drug-likeness (QED) is 0.262. The molecule has 0 fully saturated rings. The third-order valence-corrected chi connectivity index (χ3v) is 4.79. The van der Waals surface area contributed by atoms with E-state index >= 15 is 0 Å². The van der Waals surface area contributed by atoms with Crippen LogP contribution in [-0.4, -0.2) is 27.0 Å². The van der Waals surface area contributed by atoms with Gasteiger partial charge in [-0.1, -0.05) is 12.1 Å². The van der Waals surface area contributed by atoms with Crippen molar-refractivity contribution in [3.8, 4) is 0 Å². The standard InChI is InChI=1S/C23H17F2N5O3/c24-15-5-7-20(18(25)10-15)29-22-17-11-16(6-8-19(17)26-12-27-22)28-21(31)9-13-1-3-14(4-2-13)23(32)30-33/h1-8,10-12,33H,9H2,(H,28,31)(H,30,32)(H,26,27,29). The predicted molar refractivity (Wildman–Crippen MR) is 117 cm³/mol. The van der Waals surface area contributed by atoms with Gasteiger partial charge in [0, 0.05) is 22.7 Å². The van der Waals surface area contributed by atoms with Crippen molar-refractivity contribution < 1.29 is 23.6 Å². The van der Waals surface area contributed by atoms with Crippen molar-refractivity contribution in [2.24, 2.45) is 0 Å². The van der Waals surface area contributed by atoms with E-state index in [-0.39, 0.29) is 23.6 Å². The highest BCUT2D eigenvalue weighted by molar-refractivity contribution is 5.98. The highest BCUT2D eigenvalue weighted by atomic mass is 19.1. The molecule has 4 N–H and O–H groups in total. The zero-order valence-corrected chi connectivity index (χ0v) is 17.0. The summed E-state index contributed by atoms with van der Waals surface area (Å²) in [7, 11) is 0. The summed E-state index contributed by atoms with van der Waals surface area (Å²) < 4.78 is 27.2. The first-order chi connectivity index (χ1) is 15.9. The molecule has 10 heteroatoms. The van der Waals surface area contributed by atoms with Crippen molar-refractivity contribution >= 4 is 39.9 Å². The van der Waals surface area contributed by atoms with E-state index < -0.39 is 17.5 Å². The first kappa shape index (κ1) is 21.8. The molecule has 0 atom stereocenters. The Morgan fingerprint density at radius 2 is 1.73 bits per heavy atom. The van der Waals surface area contributed by atoms with Gasteiger partial charge in [0.15, 0.2) is 0 Å². The van der Waals surface area contributed by atoms with Crippen LogP contribution in [0.2, 0.25) is 0 Å². The first-order valence-electron chi connectivity index (χ1n) is 9.73. The summed E-state index contributed by atoms with van der Waals surface area (Å²) >= 11 is 0. The molecule has 0 spiro atoms. The van der Waals surface area contributed by atoms with Crippen molar-refractivity contribution in [2.75, 3.05) is 10.6 Å². The minimum atomic E-state index is -0.770. The zero-order chi connectivity index (χ0) is 23.4. The summed E-state index contributed by atoms with van der Waals surface area (Å²) in [6, 6.07) is 14.4. The lowest BCUT2D eigenvalue weighted by atomic mass is 10.1. The lowest BCUT2D eigenvalue weighted by Gasteiger charge is -2.11. The molecular formula is C23H17F2N5O3. The lowest BCUT2D eigenvalue weighted by Crippen LogP contribution is -2.18. The molecule has 1 heterocycles. The average Bonchev–Trinajstić information content (AvgIpc) is 2.81. The number of nitrogens with zero attached hydrogens (tertiary/aromatic N) is 2. The molecule has 3 aromatic carbocycles. The number of carbonyl (C=O) groups excluding carboxylic acids is 2. The third kappa shape index (κ3) is 5.08. The molecule has 0 saturated carbocycles. The Labute approximate surface area is 186 Å². The van der Waals surface area contributed by atoms with Crippen LogP contribution in [0.25, 0.3) is 10.9 Å². The summed E-state index contributed by atoms with van der Waals surface area (Å²) in [4.78, 5) is 32.2. The van der Waals surface area contributed by atoms with Gasteiger partial charge in [-0.25, -0.2) is 24.2 Å². The topological polar surface area (TPSA) is 116 Å². The monoisotopic (exact) mass is 449 g/mol. The normalized spacial score (nSPS) is 10.6. The number of benzene rings is 3. The average molecular weight is 449 g/mol. The number of hydroxylamine groups is 1. The van der Waals surface area contributed by atoms with Crippen molar-refractivity contribution in [1.29, 1.82) is 0 Å². The van der Waals surface area contributed by atoms with Crippen LogP contribution in [0.5, 0.6) is 0 Å². The van der Waals surface area contributed by atoms with Gasteiger partial charge >= 0.3 is 0 Å². The summed E-state index contributed by atoms with van der Waals surface area (Å²) in [5.41, 5.74) is 3.55. The minimum absolute atomic E-state index is 0.0455. The Hall–Kier alpha value is -4.44. The van der Waals surface area contributed by atoms with Crippen LogP contribution in [0, 0.1) is 11.6 Å². The van der Waals surface area contributed by atoms with Crippen LogP contribution in [0.4, 0.5) is 26.0 Å². The van der Waals surface area contributed by atoms with Crippen molar-refractivity contribution in [1.82, 2.24) is 15.4 Å². The van der Waals surface area contributed by atoms with Crippen LogP contribution in [0.1, 0.15) is 15.9 Å². The highest BCUT2D eigenvalue weighted by Crippen LogP contribution is 2.27. The largest absolute Gasteiger partial charge is 0.337 e. The molecule has 4 aromatic rings. The zero-order valence-electron chi connectivity index (χ0n) is 17.0. The molecule has 1 aromatic heterocycles. The van der Waals surface area contributed by atoms with E-state index in [1.165, 1.54) is 24.5 Å². The number of amides is 2. The summed E-state index contributed by atoms with van der Waals surface area (Å²) in [5.74, 6) is -2.12. The minimum Gasteiger partial charge on any atom is -0.337 e. The summed E-state index contributed by atoms with van der Waals surface area (Å²) in [6.45, 7) is 0. The SMILES string of the molecule is O=C(Cc1ccc(C(=O)NO)cc1)Nc1ccc2ncnc(Nc3ccc(F)cc3F)c2c1. The maximum absolute atomic E-state index is 14.0. The second-order valence-corrected chi connectivity index (χ2v) is 7.07. The fraction of sp³-hybridized carbons (Fsp3) is 0.0435. The van der Waals surface area contributed by atoms with E-state index in [2.05, 4.69) is 20.6 Å². The van der Waals surface area contributed by atoms with E-state index in [0.29, 0.717) is 28.0 Å². The number of halogens is 2. The number of hydrogen-bond acceptors (Lipinski definition) is 6. The van der Waals surface area contributed by atoms with E-state index in [0.717, 1.165) is 12.1 Å². The van der Waals surface area contributed by atoms with Gasteiger partial charge in [-0.15, -0.1) is 0 Å². The van der Waals surface area contributed by atoms with Crippen molar-refractivity contribution in [2.45, 2.75) is 6.42 Å². The molecule has 0 aliphatic carbocycles. The molecule has 8 nitrogen and oxygen atoms in total. The predicted octanol–water partition coefficient (Wildman–Crippen LogP) is 3.95. The second kappa shape index (κ2) is 9.37. The van der Waals surface area contributed by atoms with E-state index in [9.17, 15) is 18.4 Å². The van der Waals surface area contributed by atoms with Crippen molar-refractivity contribution in [3.05, 3.63) is 89.8 Å². The van der Waals surface area contributed by atoms with Crippen molar-refractivity contribution in [3.63, 3.8) is 0 Å². The smallest absolute Gasteiger partial charge is 0.274 e. The van der Waals surface area contributed by atoms with E-state index in [1.54, 1.807) is 35.8 Å². The number of nitrogens with one attached hydrogen (secondary N) is 3. The Kier molecular flexibility index (Phi) is 6.18. The van der Waals surface area contributed by atoms with Gasteiger partial charge in [-0.05, 0) is 48.0 Å².